The maximum atomic E-state index is 14.8. The van der Waals surface area contributed by atoms with E-state index in [2.05, 4.69) is 41.6 Å². The van der Waals surface area contributed by atoms with E-state index >= 15 is 0 Å². The lowest BCUT2D eigenvalue weighted by molar-refractivity contribution is -0.134. The molecule has 0 bridgehead atoms. The van der Waals surface area contributed by atoms with Crippen LogP contribution in [0.25, 0.3) is 16.9 Å². The average Bonchev–Trinajstić information content (AvgIpc) is 3.17. The van der Waals surface area contributed by atoms with Crippen molar-refractivity contribution in [3.8, 4) is 11.6 Å². The van der Waals surface area contributed by atoms with Crippen LogP contribution in [0.3, 0.4) is 0 Å². The van der Waals surface area contributed by atoms with E-state index in [9.17, 15) is 13.4 Å². The fourth-order valence-corrected chi connectivity index (χ4v) is 4.68. The molecule has 0 N–H and O–H groups in total. The van der Waals surface area contributed by atoms with Crippen molar-refractivity contribution in [2.45, 2.75) is 51.0 Å². The Labute approximate surface area is 199 Å². The van der Waals surface area contributed by atoms with Crippen LogP contribution in [0.1, 0.15) is 40.0 Å². The maximum Gasteiger partial charge on any atom is 0.245 e. The first-order chi connectivity index (χ1) is 15.9. The van der Waals surface area contributed by atoms with Gasteiger partial charge in [0.1, 0.15) is 24.6 Å². The molecule has 0 spiro atoms. The van der Waals surface area contributed by atoms with Gasteiger partial charge < -0.3 is 9.64 Å². The van der Waals surface area contributed by atoms with Crippen molar-refractivity contribution < 1.29 is 18.1 Å². The van der Waals surface area contributed by atoms with E-state index < -0.39 is 15.3 Å². The molecule has 0 saturated carbocycles. The van der Waals surface area contributed by atoms with E-state index in [1.54, 1.807) is 6.07 Å². The molecule has 0 radical (unpaired) electrons. The summed E-state index contributed by atoms with van der Waals surface area (Å²) in [6.45, 7) is 7.44. The summed E-state index contributed by atoms with van der Waals surface area (Å²) in [6, 6.07) is 4.35. The third kappa shape index (κ3) is 5.22. The number of likely N-dealkylation sites (tertiary alicyclic amines) is 1. The number of nitrogens with zero attached hydrogens (tertiary/aromatic N) is 5. The largest absolute Gasteiger partial charge is 0.473 e. The molecule has 1 atom stereocenters. The van der Waals surface area contributed by atoms with Crippen LogP contribution in [0.15, 0.2) is 35.7 Å². The number of rotatable bonds is 5. The molecule has 2 aromatic heterocycles. The van der Waals surface area contributed by atoms with Crippen LogP contribution in [0, 0.1) is 11.2 Å². The summed E-state index contributed by atoms with van der Waals surface area (Å²) >= 11 is 0. The second-order valence-electron chi connectivity index (χ2n) is 10.0. The van der Waals surface area contributed by atoms with Crippen LogP contribution in [0.5, 0.6) is 5.88 Å². The highest BCUT2D eigenvalue weighted by molar-refractivity contribution is 7.99. The van der Waals surface area contributed by atoms with Crippen LogP contribution in [0.2, 0.25) is 0 Å². The predicted octanol–water partition coefficient (Wildman–Crippen LogP) is 3.47. The van der Waals surface area contributed by atoms with E-state index in [1.807, 2.05) is 4.90 Å². The molecule has 1 aliphatic rings. The SMILES string of the molecule is C=S(C)(=O)c1ccc(-n2cnc3c(OC4CCN(C(=O)CC(C)(C)C)CC4)ncnc32)c(F)c1. The molecule has 1 unspecified atom stereocenters. The number of fused-ring (bicyclic) bond motifs is 1. The van der Waals surface area contributed by atoms with Gasteiger partial charge in [0.05, 0.1) is 5.69 Å². The Kier molecular flexibility index (Phi) is 6.37. The predicted molar refractivity (Wildman–Crippen MR) is 130 cm³/mol. The summed E-state index contributed by atoms with van der Waals surface area (Å²) in [7, 11) is -2.53. The Morgan fingerprint density at radius 3 is 2.56 bits per heavy atom. The van der Waals surface area contributed by atoms with Gasteiger partial charge in [-0.3, -0.25) is 13.6 Å². The lowest BCUT2D eigenvalue weighted by Gasteiger charge is -2.33. The summed E-state index contributed by atoms with van der Waals surface area (Å²) in [5.74, 6) is 3.55. The van der Waals surface area contributed by atoms with E-state index in [1.165, 1.54) is 35.6 Å². The second-order valence-corrected chi connectivity index (χ2v) is 12.5. The first-order valence-electron chi connectivity index (χ1n) is 11.2. The molecule has 4 rings (SSSR count). The van der Waals surface area contributed by atoms with Crippen molar-refractivity contribution in [3.63, 3.8) is 0 Å². The van der Waals surface area contributed by atoms with E-state index in [0.29, 0.717) is 54.3 Å². The van der Waals surface area contributed by atoms with Crippen LogP contribution < -0.4 is 4.74 Å². The van der Waals surface area contributed by atoms with E-state index in [-0.39, 0.29) is 23.1 Å². The Morgan fingerprint density at radius 2 is 1.94 bits per heavy atom. The van der Waals surface area contributed by atoms with Gasteiger partial charge in [0, 0.05) is 43.5 Å². The van der Waals surface area contributed by atoms with Gasteiger partial charge >= 0.3 is 0 Å². The topological polar surface area (TPSA) is 90.2 Å². The van der Waals surface area contributed by atoms with Crippen molar-refractivity contribution in [3.05, 3.63) is 36.7 Å². The minimum absolute atomic E-state index is 0.0428. The Morgan fingerprint density at radius 1 is 1.24 bits per heavy atom. The maximum absolute atomic E-state index is 14.8. The molecule has 3 heterocycles. The number of benzene rings is 1. The normalized spacial score (nSPS) is 17.0. The number of carbonyl (C=O) groups is 1. The molecular weight excluding hydrogens is 457 g/mol. The van der Waals surface area contributed by atoms with Gasteiger partial charge in [-0.2, -0.15) is 4.98 Å². The molecule has 10 heteroatoms. The molecular formula is C24H30FN5O3S. The number of halogens is 1. The Bertz CT molecular complexity index is 1320. The summed E-state index contributed by atoms with van der Waals surface area (Å²) in [5, 5.41) is 0. The second kappa shape index (κ2) is 8.98. The molecule has 1 aromatic carbocycles. The summed E-state index contributed by atoms with van der Waals surface area (Å²) in [5.41, 5.74) is 1.01. The minimum Gasteiger partial charge on any atom is -0.473 e. The number of imidazole rings is 1. The molecule has 1 fully saturated rings. The summed E-state index contributed by atoms with van der Waals surface area (Å²) in [6.07, 6.45) is 6.09. The van der Waals surface area contributed by atoms with Crippen molar-refractivity contribution >= 4 is 32.5 Å². The standard InChI is InChI=1S/C24H30FN5O3S/c1-24(2,3)13-20(31)29-10-8-16(9-11-29)33-23-21-22(26-14-27-23)30(15-28-21)19-7-6-17(12-18(19)25)34(4,5)32/h6-7,12,14-16H,4,8-11,13H2,1-3,5H3. The van der Waals surface area contributed by atoms with Crippen LogP contribution in [-0.4, -0.2) is 65.9 Å². The molecule has 0 aliphatic carbocycles. The number of carbonyl (C=O) groups excluding carboxylic acids is 1. The number of hydrogen-bond acceptors (Lipinski definition) is 6. The van der Waals surface area contributed by atoms with Crippen LogP contribution in [-0.2, 0) is 14.3 Å². The summed E-state index contributed by atoms with van der Waals surface area (Å²) in [4.78, 5) is 27.6. The first-order valence-corrected chi connectivity index (χ1v) is 13.3. The zero-order chi connectivity index (χ0) is 24.7. The number of hydrogen-bond donors (Lipinski definition) is 0. The highest BCUT2D eigenvalue weighted by atomic mass is 32.2. The third-order valence-corrected chi connectivity index (χ3v) is 6.98. The molecule has 1 saturated heterocycles. The zero-order valence-corrected chi connectivity index (χ0v) is 20.8. The zero-order valence-electron chi connectivity index (χ0n) is 20.0. The highest BCUT2D eigenvalue weighted by Gasteiger charge is 2.27. The van der Waals surface area contributed by atoms with Gasteiger partial charge in [-0.25, -0.2) is 14.4 Å². The smallest absolute Gasteiger partial charge is 0.245 e. The van der Waals surface area contributed by atoms with Crippen molar-refractivity contribution in [2.75, 3.05) is 19.3 Å². The Balaban J connectivity index is 1.51. The van der Waals surface area contributed by atoms with Gasteiger partial charge in [-0.05, 0) is 39.0 Å². The monoisotopic (exact) mass is 487 g/mol. The fraction of sp³-hybridized carbons (Fsp3) is 0.458. The van der Waals surface area contributed by atoms with Gasteiger partial charge in [0.15, 0.2) is 11.2 Å². The number of ether oxygens (including phenoxy) is 1. The minimum atomic E-state index is -2.53. The molecule has 1 aliphatic heterocycles. The number of aromatic nitrogens is 4. The van der Waals surface area contributed by atoms with Gasteiger partial charge in [0.2, 0.25) is 11.8 Å². The molecule has 34 heavy (non-hydrogen) atoms. The van der Waals surface area contributed by atoms with Crippen LogP contribution in [0.4, 0.5) is 4.39 Å². The quantitative estimate of drug-likeness (QED) is 0.512. The fourth-order valence-electron chi connectivity index (χ4n) is 3.97. The number of amides is 1. The summed E-state index contributed by atoms with van der Waals surface area (Å²) < 4.78 is 34.6. The van der Waals surface area contributed by atoms with Crippen molar-refractivity contribution in [1.82, 2.24) is 24.4 Å². The van der Waals surface area contributed by atoms with E-state index in [0.717, 1.165) is 0 Å². The van der Waals surface area contributed by atoms with Crippen molar-refractivity contribution in [2.24, 2.45) is 5.41 Å². The molecule has 1 amide bonds. The highest BCUT2D eigenvalue weighted by Crippen LogP contribution is 2.28. The van der Waals surface area contributed by atoms with Gasteiger partial charge in [0.25, 0.3) is 0 Å². The van der Waals surface area contributed by atoms with E-state index in [4.69, 9.17) is 4.74 Å². The third-order valence-electron chi connectivity index (χ3n) is 5.73. The Hall–Kier alpha value is -3.01. The average molecular weight is 488 g/mol. The lowest BCUT2D eigenvalue weighted by Crippen LogP contribution is -2.42. The van der Waals surface area contributed by atoms with Gasteiger partial charge in [-0.15, -0.1) is 0 Å². The number of piperidine rings is 1. The molecule has 3 aromatic rings. The molecule has 8 nitrogen and oxygen atoms in total. The van der Waals surface area contributed by atoms with Crippen LogP contribution >= 0.6 is 0 Å². The van der Waals surface area contributed by atoms with Gasteiger partial charge in [-0.1, -0.05) is 20.8 Å². The lowest BCUT2D eigenvalue weighted by atomic mass is 9.91. The first kappa shape index (κ1) is 24.1. The molecule has 182 valence electrons. The van der Waals surface area contributed by atoms with Crippen molar-refractivity contribution in [1.29, 1.82) is 0 Å².